The maximum absolute atomic E-state index is 4.64. The summed E-state index contributed by atoms with van der Waals surface area (Å²) in [5.74, 6) is 1.53. The van der Waals surface area contributed by atoms with Gasteiger partial charge in [0.15, 0.2) is 0 Å². The number of benzene rings is 2. The second kappa shape index (κ2) is 6.54. The molecule has 0 aliphatic heterocycles. The van der Waals surface area contributed by atoms with E-state index < -0.39 is 0 Å². The first-order valence-electron chi connectivity index (χ1n) is 7.88. The Morgan fingerprint density at radius 3 is 2.52 bits per heavy atom. The van der Waals surface area contributed by atoms with Gasteiger partial charge < -0.3 is 4.57 Å². The zero-order chi connectivity index (χ0) is 16.8. The zero-order valence-corrected chi connectivity index (χ0v) is 16.9. The minimum absolute atomic E-state index is 0. The van der Waals surface area contributed by atoms with E-state index in [4.69, 9.17) is 0 Å². The second-order valence-corrected chi connectivity index (χ2v) is 6.11. The molecule has 0 bridgehead atoms. The summed E-state index contributed by atoms with van der Waals surface area (Å²) in [5, 5.41) is 4.62. The van der Waals surface area contributed by atoms with Gasteiger partial charge in [-0.15, -0.1) is 23.8 Å². The second-order valence-electron chi connectivity index (χ2n) is 6.11. The fourth-order valence-corrected chi connectivity index (χ4v) is 3.08. The molecule has 0 unspecified atom stereocenters. The van der Waals surface area contributed by atoms with Crippen LogP contribution in [0.25, 0.3) is 28.1 Å². The maximum Gasteiger partial charge on any atom is 0.137 e. The average molecular weight is 509 g/mol. The van der Waals surface area contributed by atoms with Gasteiger partial charge in [-0.2, -0.15) is 5.10 Å². The van der Waals surface area contributed by atoms with Crippen LogP contribution in [0.1, 0.15) is 17.0 Å². The fraction of sp³-hybridized carbons (Fsp3) is 0.211. The average Bonchev–Trinajstić information content (AvgIpc) is 3.10. The topological polar surface area (TPSA) is 48.5 Å². The Labute approximate surface area is 160 Å². The predicted molar refractivity (Wildman–Crippen MR) is 94.1 cm³/mol. The molecule has 129 valence electrons. The number of para-hydroxylation sites is 1. The zero-order valence-electron chi connectivity index (χ0n) is 14.5. The van der Waals surface area contributed by atoms with Crippen molar-refractivity contribution in [2.45, 2.75) is 20.8 Å². The molecule has 5 nitrogen and oxygen atoms in total. The number of fused-ring (bicyclic) bond motifs is 1. The molecule has 0 aliphatic rings. The Morgan fingerprint density at radius 1 is 1.08 bits per heavy atom. The van der Waals surface area contributed by atoms with Gasteiger partial charge in [-0.3, -0.25) is 14.6 Å². The molecule has 0 spiro atoms. The Kier molecular flexibility index (Phi) is 4.58. The molecular formula is C19H18IrN5-. The molecule has 2 aromatic heterocycles. The van der Waals surface area contributed by atoms with Crippen LogP contribution in [0.4, 0.5) is 0 Å². The van der Waals surface area contributed by atoms with E-state index in [1.54, 1.807) is 0 Å². The van der Waals surface area contributed by atoms with Gasteiger partial charge in [0.05, 0.1) is 17.8 Å². The summed E-state index contributed by atoms with van der Waals surface area (Å²) in [6.45, 7) is 6.09. The third kappa shape index (κ3) is 2.92. The van der Waals surface area contributed by atoms with Gasteiger partial charge in [0.25, 0.3) is 0 Å². The van der Waals surface area contributed by atoms with Crippen LogP contribution in [0.2, 0.25) is 0 Å². The van der Waals surface area contributed by atoms with Gasteiger partial charge in [-0.25, -0.2) is 0 Å². The third-order valence-corrected chi connectivity index (χ3v) is 4.26. The molecule has 0 aliphatic carbocycles. The molecule has 0 amide bonds. The molecule has 0 fully saturated rings. The monoisotopic (exact) mass is 509 g/mol. The van der Waals surface area contributed by atoms with E-state index >= 15 is 0 Å². The molecule has 4 aromatic rings. The summed E-state index contributed by atoms with van der Waals surface area (Å²) in [5.41, 5.74) is 6.28. The minimum atomic E-state index is 0. The molecule has 25 heavy (non-hydrogen) atoms. The normalized spacial score (nSPS) is 10.9. The van der Waals surface area contributed by atoms with Crippen molar-refractivity contribution in [1.29, 1.82) is 0 Å². The first-order valence-corrected chi connectivity index (χ1v) is 7.88. The van der Waals surface area contributed by atoms with Crippen molar-refractivity contribution in [1.82, 2.24) is 24.3 Å². The Balaban J connectivity index is 0.00000182. The first-order chi connectivity index (χ1) is 11.5. The third-order valence-electron chi connectivity index (χ3n) is 4.26. The van der Waals surface area contributed by atoms with Gasteiger partial charge in [-0.05, 0) is 37.4 Å². The van der Waals surface area contributed by atoms with Crippen LogP contribution in [0, 0.1) is 26.8 Å². The van der Waals surface area contributed by atoms with E-state index in [2.05, 4.69) is 53.2 Å². The van der Waals surface area contributed by atoms with Crippen LogP contribution in [-0.4, -0.2) is 24.3 Å². The number of hydrogen-bond donors (Lipinski definition) is 0. The van der Waals surface area contributed by atoms with Gasteiger partial charge in [0.1, 0.15) is 5.82 Å². The minimum Gasteiger partial charge on any atom is -0.373 e. The molecular weight excluding hydrogens is 490 g/mol. The van der Waals surface area contributed by atoms with Gasteiger partial charge in [0.2, 0.25) is 0 Å². The van der Waals surface area contributed by atoms with Crippen molar-refractivity contribution < 1.29 is 20.1 Å². The Bertz CT molecular complexity index is 1040. The number of aryl methyl sites for hydroxylation is 4. The molecule has 0 saturated heterocycles. The van der Waals surface area contributed by atoms with Crippen LogP contribution in [0.3, 0.4) is 0 Å². The largest absolute Gasteiger partial charge is 0.373 e. The van der Waals surface area contributed by atoms with Crippen molar-refractivity contribution >= 4 is 11.0 Å². The number of rotatable bonds is 2. The van der Waals surface area contributed by atoms with Crippen molar-refractivity contribution in [3.63, 3.8) is 0 Å². The van der Waals surface area contributed by atoms with Gasteiger partial charge in [0, 0.05) is 32.7 Å². The summed E-state index contributed by atoms with van der Waals surface area (Å²) < 4.78 is 3.90. The van der Waals surface area contributed by atoms with E-state index in [1.807, 2.05) is 41.7 Å². The van der Waals surface area contributed by atoms with Crippen molar-refractivity contribution in [3.8, 4) is 17.1 Å². The SMILES string of the molecule is Cc1nc(-c2[c-]cc3c(c2)ncn3C)n(-c2c(C)cccc2C)n1.[Ir]. The molecule has 6 heteroatoms. The van der Waals surface area contributed by atoms with E-state index in [0.717, 1.165) is 33.9 Å². The number of nitrogens with zero attached hydrogens (tertiary/aromatic N) is 5. The van der Waals surface area contributed by atoms with E-state index in [9.17, 15) is 0 Å². The van der Waals surface area contributed by atoms with Crippen molar-refractivity contribution in [2.75, 3.05) is 0 Å². The fourth-order valence-electron chi connectivity index (χ4n) is 3.08. The first kappa shape index (κ1) is 17.5. The van der Waals surface area contributed by atoms with Crippen molar-refractivity contribution in [3.05, 3.63) is 59.7 Å². The Morgan fingerprint density at radius 2 is 1.80 bits per heavy atom. The van der Waals surface area contributed by atoms with E-state index in [0.29, 0.717) is 0 Å². The van der Waals surface area contributed by atoms with E-state index in [-0.39, 0.29) is 20.1 Å². The summed E-state index contributed by atoms with van der Waals surface area (Å²) in [6, 6.07) is 13.5. The predicted octanol–water partition coefficient (Wildman–Crippen LogP) is 3.54. The van der Waals surface area contributed by atoms with Crippen LogP contribution < -0.4 is 0 Å². The molecule has 2 heterocycles. The quantitative estimate of drug-likeness (QED) is 0.389. The Hall–Kier alpha value is -2.30. The van der Waals surface area contributed by atoms with Crippen LogP contribution in [0.5, 0.6) is 0 Å². The van der Waals surface area contributed by atoms with Gasteiger partial charge >= 0.3 is 0 Å². The molecule has 1 radical (unpaired) electrons. The summed E-state index contributed by atoms with van der Waals surface area (Å²) in [4.78, 5) is 9.07. The van der Waals surface area contributed by atoms with E-state index in [1.165, 1.54) is 11.1 Å². The van der Waals surface area contributed by atoms with Gasteiger partial charge in [-0.1, -0.05) is 18.2 Å². The van der Waals surface area contributed by atoms with Crippen LogP contribution in [-0.2, 0) is 27.2 Å². The molecule has 2 aromatic carbocycles. The molecule has 0 saturated carbocycles. The van der Waals surface area contributed by atoms with Crippen LogP contribution >= 0.6 is 0 Å². The molecule has 0 N–H and O–H groups in total. The number of hydrogen-bond acceptors (Lipinski definition) is 3. The van der Waals surface area contributed by atoms with Crippen LogP contribution in [0.15, 0.2) is 36.7 Å². The summed E-state index contributed by atoms with van der Waals surface area (Å²) in [6.07, 6.45) is 1.81. The number of imidazole rings is 1. The number of aromatic nitrogens is 5. The van der Waals surface area contributed by atoms with Crippen molar-refractivity contribution in [2.24, 2.45) is 7.05 Å². The molecule has 0 atom stereocenters. The maximum atomic E-state index is 4.64. The smallest absolute Gasteiger partial charge is 0.137 e. The standard InChI is InChI=1S/C19H18N5.Ir/c1-12-6-5-7-13(2)18(12)24-19(21-14(3)22-24)15-8-9-17-16(10-15)20-11-23(17)4;/h5-7,9-11H,1-4H3;/q-1;. The molecule has 4 rings (SSSR count). The summed E-state index contributed by atoms with van der Waals surface area (Å²) >= 11 is 0. The summed E-state index contributed by atoms with van der Waals surface area (Å²) in [7, 11) is 1.98.